The molecule has 12 heteroatoms. The SMILES string of the molecule is Nc1ccccc1OCCOCCOCCOCCC(=O)Oc1c(F)c(F)c(F)c(F)c1F. The van der Waals surface area contributed by atoms with Crippen LogP contribution in [0.4, 0.5) is 27.6 Å². The zero-order valence-electron chi connectivity index (χ0n) is 17.4. The van der Waals surface area contributed by atoms with Crippen LogP contribution in [0.15, 0.2) is 24.3 Å². The molecule has 7 nitrogen and oxygen atoms in total. The first-order valence-electron chi connectivity index (χ1n) is 9.75. The number of hydrogen-bond acceptors (Lipinski definition) is 7. The molecule has 0 saturated carbocycles. The minimum absolute atomic E-state index is 0.0895. The van der Waals surface area contributed by atoms with Gasteiger partial charge in [-0.15, -0.1) is 0 Å². The van der Waals surface area contributed by atoms with Crippen LogP contribution in [0, 0.1) is 29.1 Å². The van der Waals surface area contributed by atoms with Gasteiger partial charge in [0.1, 0.15) is 12.4 Å². The normalized spacial score (nSPS) is 10.9. The number of carbonyl (C=O) groups excluding carboxylic acids is 1. The summed E-state index contributed by atoms with van der Waals surface area (Å²) in [4.78, 5) is 11.6. The van der Waals surface area contributed by atoms with E-state index in [1.807, 2.05) is 0 Å². The number of ether oxygens (including phenoxy) is 5. The molecule has 182 valence electrons. The van der Waals surface area contributed by atoms with Gasteiger partial charge in [-0.25, -0.2) is 13.2 Å². The molecular weight excluding hydrogens is 457 g/mol. The first-order valence-corrected chi connectivity index (χ1v) is 9.75. The molecule has 0 aliphatic carbocycles. The van der Waals surface area contributed by atoms with Gasteiger partial charge in [-0.1, -0.05) is 12.1 Å². The maximum Gasteiger partial charge on any atom is 0.313 e. The molecule has 0 unspecified atom stereocenters. The van der Waals surface area contributed by atoms with E-state index in [0.717, 1.165) is 0 Å². The standard InChI is InChI=1S/C21H22F5NO6/c22-16-17(23)19(25)21(20(26)18(16)24)33-15(28)5-6-29-7-8-30-9-10-31-11-12-32-14-4-2-1-3-13(14)27/h1-4H,5-12,27H2. The van der Waals surface area contributed by atoms with E-state index in [1.165, 1.54) is 0 Å². The summed E-state index contributed by atoms with van der Waals surface area (Å²) in [5.41, 5.74) is 6.27. The quantitative estimate of drug-likeness (QED) is 0.0845. The molecule has 0 amide bonds. The second kappa shape index (κ2) is 13.6. The number of para-hydroxylation sites is 2. The molecule has 0 heterocycles. The Bertz CT molecular complexity index is 901. The van der Waals surface area contributed by atoms with Crippen molar-refractivity contribution in [3.05, 3.63) is 53.4 Å². The van der Waals surface area contributed by atoms with Crippen LogP contribution in [0.25, 0.3) is 0 Å². The predicted octanol–water partition coefficient (Wildman–Crippen LogP) is 3.39. The molecule has 0 aliphatic heterocycles. The van der Waals surface area contributed by atoms with Crippen LogP contribution in [0.5, 0.6) is 11.5 Å². The summed E-state index contributed by atoms with van der Waals surface area (Å²) in [5.74, 6) is -13.5. The first kappa shape index (κ1) is 26.3. The summed E-state index contributed by atoms with van der Waals surface area (Å²) in [5, 5.41) is 0. The first-order chi connectivity index (χ1) is 15.8. The number of anilines is 1. The summed E-state index contributed by atoms with van der Waals surface area (Å²) in [6.07, 6.45) is -0.478. The summed E-state index contributed by atoms with van der Waals surface area (Å²) < 4.78 is 91.3. The molecule has 33 heavy (non-hydrogen) atoms. The van der Waals surface area contributed by atoms with Crippen molar-refractivity contribution in [3.63, 3.8) is 0 Å². The van der Waals surface area contributed by atoms with E-state index in [0.29, 0.717) is 31.3 Å². The molecular formula is C21H22F5NO6. The van der Waals surface area contributed by atoms with Crippen LogP contribution in [0.3, 0.4) is 0 Å². The van der Waals surface area contributed by atoms with Crippen LogP contribution in [-0.4, -0.2) is 52.2 Å². The lowest BCUT2D eigenvalue weighted by Crippen LogP contribution is -2.16. The fourth-order valence-corrected chi connectivity index (χ4v) is 2.36. The highest BCUT2D eigenvalue weighted by molar-refractivity contribution is 5.72. The Kier molecular flexibility index (Phi) is 10.8. The Hall–Kier alpha value is -2.96. The van der Waals surface area contributed by atoms with Crippen molar-refractivity contribution in [1.29, 1.82) is 0 Å². The van der Waals surface area contributed by atoms with Crippen molar-refractivity contribution in [2.75, 3.05) is 52.0 Å². The molecule has 0 saturated heterocycles. The highest BCUT2D eigenvalue weighted by Gasteiger charge is 2.28. The van der Waals surface area contributed by atoms with Gasteiger partial charge >= 0.3 is 5.97 Å². The van der Waals surface area contributed by atoms with Crippen LogP contribution < -0.4 is 15.2 Å². The van der Waals surface area contributed by atoms with E-state index < -0.39 is 47.2 Å². The Balaban J connectivity index is 1.49. The van der Waals surface area contributed by atoms with Crippen molar-refractivity contribution in [1.82, 2.24) is 0 Å². The van der Waals surface area contributed by atoms with Gasteiger partial charge in [0, 0.05) is 0 Å². The lowest BCUT2D eigenvalue weighted by Gasteiger charge is -2.10. The smallest absolute Gasteiger partial charge is 0.313 e. The maximum atomic E-state index is 13.4. The molecule has 0 aliphatic rings. The van der Waals surface area contributed by atoms with Gasteiger partial charge < -0.3 is 29.4 Å². The molecule has 0 atom stereocenters. The maximum absolute atomic E-state index is 13.4. The molecule has 2 rings (SSSR count). The van der Waals surface area contributed by atoms with E-state index in [2.05, 4.69) is 4.74 Å². The van der Waals surface area contributed by atoms with Gasteiger partial charge in [-0.05, 0) is 12.1 Å². The zero-order chi connectivity index (χ0) is 24.2. The monoisotopic (exact) mass is 479 g/mol. The number of halogens is 5. The predicted molar refractivity (Wildman–Crippen MR) is 105 cm³/mol. The zero-order valence-corrected chi connectivity index (χ0v) is 17.4. The summed E-state index contributed by atoms with van der Waals surface area (Å²) in [6, 6.07) is 7.07. The number of hydrogen-bond donors (Lipinski definition) is 1. The van der Waals surface area contributed by atoms with Crippen molar-refractivity contribution >= 4 is 11.7 Å². The van der Waals surface area contributed by atoms with Crippen LogP contribution in [-0.2, 0) is 19.0 Å². The van der Waals surface area contributed by atoms with E-state index in [-0.39, 0.29) is 26.4 Å². The highest BCUT2D eigenvalue weighted by atomic mass is 19.2. The fraction of sp³-hybridized carbons (Fsp3) is 0.381. The Morgan fingerprint density at radius 2 is 1.18 bits per heavy atom. The molecule has 2 aromatic rings. The third-order valence-corrected chi connectivity index (χ3v) is 3.98. The van der Waals surface area contributed by atoms with E-state index >= 15 is 0 Å². The highest BCUT2D eigenvalue weighted by Crippen LogP contribution is 2.29. The number of nitrogen functional groups attached to an aromatic ring is 1. The molecule has 0 bridgehead atoms. The fourth-order valence-electron chi connectivity index (χ4n) is 2.36. The largest absolute Gasteiger partial charge is 0.489 e. The third kappa shape index (κ3) is 8.15. The Labute approximate surface area is 186 Å². The van der Waals surface area contributed by atoms with E-state index in [9.17, 15) is 26.7 Å². The summed E-state index contributed by atoms with van der Waals surface area (Å²) in [7, 11) is 0. The Morgan fingerprint density at radius 1 is 0.697 bits per heavy atom. The number of carbonyl (C=O) groups is 1. The van der Waals surface area contributed by atoms with Crippen molar-refractivity contribution < 1.29 is 50.4 Å². The third-order valence-electron chi connectivity index (χ3n) is 3.98. The average Bonchev–Trinajstić information content (AvgIpc) is 2.81. The summed E-state index contributed by atoms with van der Waals surface area (Å²) in [6.45, 7) is 1.28. The van der Waals surface area contributed by atoms with Gasteiger partial charge in [-0.2, -0.15) is 8.78 Å². The van der Waals surface area contributed by atoms with E-state index in [4.69, 9.17) is 24.7 Å². The molecule has 0 radical (unpaired) electrons. The van der Waals surface area contributed by atoms with E-state index in [1.54, 1.807) is 24.3 Å². The molecule has 0 fully saturated rings. The van der Waals surface area contributed by atoms with Gasteiger partial charge in [0.05, 0.1) is 51.7 Å². The van der Waals surface area contributed by atoms with Gasteiger partial charge in [-0.3, -0.25) is 4.79 Å². The summed E-state index contributed by atoms with van der Waals surface area (Å²) >= 11 is 0. The van der Waals surface area contributed by atoms with Crippen molar-refractivity contribution in [2.24, 2.45) is 0 Å². The van der Waals surface area contributed by atoms with Crippen LogP contribution in [0.1, 0.15) is 6.42 Å². The van der Waals surface area contributed by atoms with Gasteiger partial charge in [0.2, 0.25) is 34.8 Å². The second-order valence-corrected chi connectivity index (χ2v) is 6.35. The number of esters is 1. The van der Waals surface area contributed by atoms with Crippen molar-refractivity contribution in [3.8, 4) is 11.5 Å². The minimum atomic E-state index is -2.34. The Morgan fingerprint density at radius 3 is 1.76 bits per heavy atom. The molecule has 0 spiro atoms. The lowest BCUT2D eigenvalue weighted by atomic mass is 10.2. The second-order valence-electron chi connectivity index (χ2n) is 6.35. The van der Waals surface area contributed by atoms with Gasteiger partial charge in [0.15, 0.2) is 0 Å². The lowest BCUT2D eigenvalue weighted by molar-refractivity contribution is -0.136. The number of nitrogens with two attached hydrogens (primary N) is 1. The topological polar surface area (TPSA) is 89.2 Å². The van der Waals surface area contributed by atoms with Gasteiger partial charge in [0.25, 0.3) is 0 Å². The molecule has 0 aromatic heterocycles. The number of rotatable bonds is 14. The minimum Gasteiger partial charge on any atom is -0.489 e. The van der Waals surface area contributed by atoms with Crippen molar-refractivity contribution in [2.45, 2.75) is 6.42 Å². The average molecular weight is 479 g/mol. The molecule has 2 N–H and O–H groups in total. The van der Waals surface area contributed by atoms with Crippen LogP contribution >= 0.6 is 0 Å². The van der Waals surface area contributed by atoms with Crippen LogP contribution in [0.2, 0.25) is 0 Å². The molecule has 2 aromatic carbocycles. The number of benzene rings is 2.